The minimum Gasteiger partial charge on any atom is -0.480 e. The molecule has 1 heterocycles. The number of hydrogen-bond acceptors (Lipinski definition) is 4. The maximum absolute atomic E-state index is 12.4. The predicted molar refractivity (Wildman–Crippen MR) is 75.8 cm³/mol. The first-order valence-corrected chi connectivity index (χ1v) is 7.12. The van der Waals surface area contributed by atoms with Crippen molar-refractivity contribution in [1.29, 1.82) is 0 Å². The van der Waals surface area contributed by atoms with Crippen molar-refractivity contribution in [1.82, 2.24) is 10.2 Å². The molecule has 2 atom stereocenters. The van der Waals surface area contributed by atoms with Gasteiger partial charge in [-0.25, -0.2) is 4.79 Å². The number of alkyl carbamates (subject to hydrolysis) is 1. The van der Waals surface area contributed by atoms with Crippen LogP contribution in [0.4, 0.5) is 4.79 Å². The van der Waals surface area contributed by atoms with E-state index in [0.717, 1.165) is 6.42 Å². The predicted octanol–water partition coefficient (Wildman–Crippen LogP) is 1.37. The topological polar surface area (TPSA) is 95.9 Å². The SMILES string of the molecule is CC1CCC[C@H](NC(=O)OC(C)(C)C)C(=O)N1CC(=O)O. The van der Waals surface area contributed by atoms with Gasteiger partial charge in [-0.3, -0.25) is 9.59 Å². The highest BCUT2D eigenvalue weighted by Gasteiger charge is 2.33. The summed E-state index contributed by atoms with van der Waals surface area (Å²) in [5, 5.41) is 11.5. The molecule has 2 N–H and O–H groups in total. The lowest BCUT2D eigenvalue weighted by Gasteiger charge is -2.28. The van der Waals surface area contributed by atoms with Crippen LogP contribution in [0.3, 0.4) is 0 Å². The second-order valence-corrected chi connectivity index (χ2v) is 6.34. The fraction of sp³-hybridized carbons (Fsp3) is 0.786. The fourth-order valence-corrected chi connectivity index (χ4v) is 2.28. The number of ether oxygens (including phenoxy) is 1. The van der Waals surface area contributed by atoms with Crippen LogP contribution < -0.4 is 5.32 Å². The van der Waals surface area contributed by atoms with Gasteiger partial charge in [0.25, 0.3) is 0 Å². The van der Waals surface area contributed by atoms with Crippen molar-refractivity contribution < 1.29 is 24.2 Å². The number of rotatable bonds is 3. The van der Waals surface area contributed by atoms with Gasteiger partial charge in [-0.05, 0) is 47.0 Å². The number of carboxylic acid groups (broad SMARTS) is 1. The number of carbonyl (C=O) groups excluding carboxylic acids is 2. The number of hydrogen-bond donors (Lipinski definition) is 2. The quantitative estimate of drug-likeness (QED) is 0.820. The first kappa shape index (κ1) is 17.3. The second-order valence-electron chi connectivity index (χ2n) is 6.34. The number of amides is 2. The Morgan fingerprint density at radius 1 is 1.38 bits per heavy atom. The third-order valence-corrected chi connectivity index (χ3v) is 3.22. The summed E-state index contributed by atoms with van der Waals surface area (Å²) in [5.74, 6) is -1.43. The maximum atomic E-state index is 12.4. The highest BCUT2D eigenvalue weighted by atomic mass is 16.6. The van der Waals surface area contributed by atoms with Crippen LogP contribution in [0.2, 0.25) is 0 Å². The van der Waals surface area contributed by atoms with Crippen LogP contribution in [0.25, 0.3) is 0 Å². The van der Waals surface area contributed by atoms with Crippen LogP contribution in [0.1, 0.15) is 47.0 Å². The third-order valence-electron chi connectivity index (χ3n) is 3.22. The number of carbonyl (C=O) groups is 3. The molecule has 2 amide bonds. The summed E-state index contributed by atoms with van der Waals surface area (Å²) < 4.78 is 5.14. The minimum absolute atomic E-state index is 0.154. The third kappa shape index (κ3) is 5.61. The van der Waals surface area contributed by atoms with Crippen molar-refractivity contribution in [2.24, 2.45) is 0 Å². The van der Waals surface area contributed by atoms with Crippen molar-refractivity contribution in [3.8, 4) is 0 Å². The monoisotopic (exact) mass is 300 g/mol. The Hall–Kier alpha value is -1.79. The van der Waals surface area contributed by atoms with Gasteiger partial charge < -0.3 is 20.1 Å². The molecule has 1 saturated heterocycles. The Kier molecular flexibility index (Phi) is 5.57. The van der Waals surface area contributed by atoms with Crippen molar-refractivity contribution in [3.63, 3.8) is 0 Å². The van der Waals surface area contributed by atoms with E-state index in [4.69, 9.17) is 9.84 Å². The van der Waals surface area contributed by atoms with Gasteiger partial charge in [-0.2, -0.15) is 0 Å². The highest BCUT2D eigenvalue weighted by Crippen LogP contribution is 2.18. The summed E-state index contributed by atoms with van der Waals surface area (Å²) in [5.41, 5.74) is -0.647. The first-order chi connectivity index (χ1) is 9.60. The molecule has 0 aromatic carbocycles. The zero-order valence-electron chi connectivity index (χ0n) is 13.0. The molecule has 1 aliphatic rings. The Bertz CT molecular complexity index is 416. The number of aliphatic carboxylic acids is 1. The fourth-order valence-electron chi connectivity index (χ4n) is 2.28. The van der Waals surface area contributed by atoms with Crippen molar-refractivity contribution in [3.05, 3.63) is 0 Å². The average Bonchev–Trinajstić information content (AvgIpc) is 2.41. The molecule has 7 nitrogen and oxygen atoms in total. The van der Waals surface area contributed by atoms with Gasteiger partial charge in [0, 0.05) is 6.04 Å². The molecule has 0 bridgehead atoms. The van der Waals surface area contributed by atoms with E-state index in [2.05, 4.69) is 5.32 Å². The summed E-state index contributed by atoms with van der Waals surface area (Å²) in [7, 11) is 0. The molecule has 0 radical (unpaired) electrons. The van der Waals surface area contributed by atoms with Gasteiger partial charge in [-0.15, -0.1) is 0 Å². The van der Waals surface area contributed by atoms with E-state index in [1.165, 1.54) is 4.90 Å². The molecule has 1 fully saturated rings. The average molecular weight is 300 g/mol. The summed E-state index contributed by atoms with van der Waals surface area (Å²) in [6.07, 6.45) is 1.28. The lowest BCUT2D eigenvalue weighted by Crippen LogP contribution is -2.51. The van der Waals surface area contributed by atoms with Crippen LogP contribution in [0, 0.1) is 0 Å². The number of nitrogens with one attached hydrogen (secondary N) is 1. The molecule has 0 spiro atoms. The van der Waals surface area contributed by atoms with Crippen LogP contribution >= 0.6 is 0 Å². The first-order valence-electron chi connectivity index (χ1n) is 7.12. The summed E-state index contributed by atoms with van der Waals surface area (Å²) >= 11 is 0. The number of nitrogens with zero attached hydrogens (tertiary/aromatic N) is 1. The van der Waals surface area contributed by atoms with Gasteiger partial charge in [0.15, 0.2) is 0 Å². The standard InChI is InChI=1S/C14H24N2O5/c1-9-6-5-7-10(12(19)16(9)8-11(17)18)15-13(20)21-14(2,3)4/h9-10H,5-8H2,1-4H3,(H,15,20)(H,17,18)/t9?,10-/m0/s1. The zero-order valence-corrected chi connectivity index (χ0v) is 13.0. The van der Waals surface area contributed by atoms with Crippen LogP contribution in [-0.2, 0) is 14.3 Å². The zero-order chi connectivity index (χ0) is 16.2. The van der Waals surface area contributed by atoms with E-state index in [-0.39, 0.29) is 18.5 Å². The molecule has 1 aliphatic heterocycles. The van der Waals surface area contributed by atoms with Crippen LogP contribution in [-0.4, -0.2) is 52.2 Å². The molecule has 0 aromatic heterocycles. The van der Waals surface area contributed by atoms with Gasteiger partial charge in [0.05, 0.1) is 0 Å². The van der Waals surface area contributed by atoms with Gasteiger partial charge >= 0.3 is 12.1 Å². The second kappa shape index (κ2) is 6.78. The molecule has 0 aliphatic carbocycles. The molecule has 21 heavy (non-hydrogen) atoms. The largest absolute Gasteiger partial charge is 0.480 e. The smallest absolute Gasteiger partial charge is 0.408 e. The van der Waals surface area contributed by atoms with E-state index in [9.17, 15) is 14.4 Å². The van der Waals surface area contributed by atoms with E-state index in [1.54, 1.807) is 20.8 Å². The minimum atomic E-state index is -1.06. The molecule has 0 aromatic rings. The summed E-state index contributed by atoms with van der Waals surface area (Å²) in [6.45, 7) is 6.67. The van der Waals surface area contributed by atoms with Crippen molar-refractivity contribution in [2.75, 3.05) is 6.54 Å². The molecular formula is C14H24N2O5. The van der Waals surface area contributed by atoms with Gasteiger partial charge in [0.2, 0.25) is 5.91 Å². The molecule has 7 heteroatoms. The Morgan fingerprint density at radius 2 is 2.00 bits per heavy atom. The Labute approximate surface area is 124 Å². The number of carboxylic acids is 1. The lowest BCUT2D eigenvalue weighted by atomic mass is 10.1. The Balaban J connectivity index is 2.75. The lowest BCUT2D eigenvalue weighted by molar-refractivity contribution is -0.146. The van der Waals surface area contributed by atoms with Crippen molar-refractivity contribution in [2.45, 2.75) is 64.6 Å². The highest BCUT2D eigenvalue weighted by molar-refractivity contribution is 5.88. The van der Waals surface area contributed by atoms with Gasteiger partial charge in [0.1, 0.15) is 18.2 Å². The van der Waals surface area contributed by atoms with Crippen molar-refractivity contribution >= 4 is 18.0 Å². The van der Waals surface area contributed by atoms with E-state index in [0.29, 0.717) is 12.8 Å². The summed E-state index contributed by atoms with van der Waals surface area (Å²) in [6, 6.07) is -0.886. The normalized spacial score (nSPS) is 23.4. The van der Waals surface area contributed by atoms with E-state index < -0.39 is 23.7 Å². The maximum Gasteiger partial charge on any atom is 0.408 e. The molecular weight excluding hydrogens is 276 g/mol. The molecule has 0 saturated carbocycles. The van der Waals surface area contributed by atoms with Crippen LogP contribution in [0.5, 0.6) is 0 Å². The number of likely N-dealkylation sites (tertiary alicyclic amines) is 1. The van der Waals surface area contributed by atoms with Gasteiger partial charge in [-0.1, -0.05) is 0 Å². The molecule has 1 rings (SSSR count). The Morgan fingerprint density at radius 3 is 2.52 bits per heavy atom. The molecule has 120 valence electrons. The van der Waals surface area contributed by atoms with E-state index in [1.807, 2.05) is 6.92 Å². The molecule has 1 unspecified atom stereocenters. The summed E-state index contributed by atoms with van der Waals surface area (Å²) in [4.78, 5) is 36.3. The van der Waals surface area contributed by atoms with E-state index >= 15 is 0 Å². The van der Waals surface area contributed by atoms with Crippen LogP contribution in [0.15, 0.2) is 0 Å².